The molecule has 0 saturated carbocycles. The number of hydrogen-bond acceptors (Lipinski definition) is 3. The second-order valence-electron chi connectivity index (χ2n) is 2.67. The Kier molecular flexibility index (Phi) is 3.45. The summed E-state index contributed by atoms with van der Waals surface area (Å²) in [5.74, 6) is -0.946. The fraction of sp³-hybridized carbons (Fsp3) is 0.500. The molecule has 0 aliphatic carbocycles. The van der Waals surface area contributed by atoms with Crippen molar-refractivity contribution in [1.82, 2.24) is 9.97 Å². The van der Waals surface area contributed by atoms with Gasteiger partial charge in [0.25, 0.3) is 0 Å². The van der Waals surface area contributed by atoms with Crippen LogP contribution in [0.15, 0.2) is 6.33 Å². The lowest BCUT2D eigenvalue weighted by Gasteiger charge is -1.99. The predicted octanol–water partition coefficient (Wildman–Crippen LogP) is 0.362. The first-order valence-electron chi connectivity index (χ1n) is 3.98. The van der Waals surface area contributed by atoms with Gasteiger partial charge < -0.3 is 14.8 Å². The molecule has 5 nitrogen and oxygen atoms in total. The number of hydrogen-bond donors (Lipinski definition) is 2. The second kappa shape index (κ2) is 4.61. The summed E-state index contributed by atoms with van der Waals surface area (Å²) in [4.78, 5) is 17.1. The summed E-state index contributed by atoms with van der Waals surface area (Å²) in [6.45, 7) is 2.06. The number of ether oxygens (including phenoxy) is 1. The van der Waals surface area contributed by atoms with E-state index >= 15 is 0 Å². The molecule has 0 aliphatic heterocycles. The van der Waals surface area contributed by atoms with Gasteiger partial charge in [0.2, 0.25) is 0 Å². The van der Waals surface area contributed by atoms with Crippen molar-refractivity contribution in [2.75, 3.05) is 13.2 Å². The Morgan fingerprint density at radius 1 is 1.77 bits per heavy atom. The summed E-state index contributed by atoms with van der Waals surface area (Å²) in [5, 5.41) is 8.28. The van der Waals surface area contributed by atoms with Crippen LogP contribution in [0.1, 0.15) is 11.4 Å². The van der Waals surface area contributed by atoms with E-state index in [-0.39, 0.29) is 6.61 Å². The summed E-state index contributed by atoms with van der Waals surface area (Å²) in [5.41, 5.74) is 1.92. The van der Waals surface area contributed by atoms with E-state index in [1.54, 1.807) is 6.33 Å². The monoisotopic (exact) mass is 184 g/mol. The molecule has 1 aromatic heterocycles. The fourth-order valence-corrected chi connectivity index (χ4v) is 0.968. The van der Waals surface area contributed by atoms with Gasteiger partial charge in [0.05, 0.1) is 18.6 Å². The average Bonchev–Trinajstić information content (AvgIpc) is 2.45. The highest BCUT2D eigenvalue weighted by atomic mass is 16.5. The molecule has 0 aromatic carbocycles. The fourth-order valence-electron chi connectivity index (χ4n) is 0.968. The molecule has 0 unspecified atom stereocenters. The molecule has 0 fully saturated rings. The number of nitrogens with one attached hydrogen (secondary N) is 1. The number of H-pyrrole nitrogens is 1. The number of aliphatic carboxylic acids is 1. The highest BCUT2D eigenvalue weighted by molar-refractivity contribution is 5.67. The lowest BCUT2D eigenvalue weighted by Crippen LogP contribution is -2.09. The van der Waals surface area contributed by atoms with Crippen LogP contribution in [0.2, 0.25) is 0 Å². The first kappa shape index (κ1) is 9.73. The number of aromatic nitrogens is 2. The standard InChI is InChI=1S/C8H12N2O3/c1-6-7(10-5-9-6)2-3-13-4-8(11)12/h5H,2-4H2,1H3,(H,9,10)(H,11,12). The molecule has 0 atom stereocenters. The molecular weight excluding hydrogens is 172 g/mol. The number of carboxylic acid groups (broad SMARTS) is 1. The van der Waals surface area contributed by atoms with Crippen molar-refractivity contribution >= 4 is 5.97 Å². The highest BCUT2D eigenvalue weighted by Crippen LogP contribution is 2.00. The summed E-state index contributed by atoms with van der Waals surface area (Å²) in [7, 11) is 0. The van der Waals surface area contributed by atoms with Crippen LogP contribution in [0.4, 0.5) is 0 Å². The Balaban J connectivity index is 2.20. The number of aryl methyl sites for hydroxylation is 1. The van der Waals surface area contributed by atoms with E-state index in [4.69, 9.17) is 9.84 Å². The minimum Gasteiger partial charge on any atom is -0.480 e. The largest absolute Gasteiger partial charge is 0.480 e. The second-order valence-corrected chi connectivity index (χ2v) is 2.67. The van der Waals surface area contributed by atoms with Crippen LogP contribution >= 0.6 is 0 Å². The smallest absolute Gasteiger partial charge is 0.329 e. The normalized spacial score (nSPS) is 10.2. The van der Waals surface area contributed by atoms with Crippen LogP contribution in [0.3, 0.4) is 0 Å². The van der Waals surface area contributed by atoms with E-state index in [9.17, 15) is 4.79 Å². The highest BCUT2D eigenvalue weighted by Gasteiger charge is 2.01. The number of nitrogens with zero attached hydrogens (tertiary/aromatic N) is 1. The van der Waals surface area contributed by atoms with E-state index < -0.39 is 5.97 Å². The third-order valence-electron chi connectivity index (χ3n) is 1.64. The maximum absolute atomic E-state index is 10.1. The van der Waals surface area contributed by atoms with Crippen molar-refractivity contribution in [2.24, 2.45) is 0 Å². The van der Waals surface area contributed by atoms with Crippen molar-refractivity contribution in [3.05, 3.63) is 17.7 Å². The third-order valence-corrected chi connectivity index (χ3v) is 1.64. The van der Waals surface area contributed by atoms with Crippen LogP contribution < -0.4 is 0 Å². The molecule has 0 aliphatic rings. The molecule has 1 aromatic rings. The molecule has 13 heavy (non-hydrogen) atoms. The third kappa shape index (κ3) is 3.25. The summed E-state index contributed by atoms with van der Waals surface area (Å²) >= 11 is 0. The van der Waals surface area contributed by atoms with E-state index in [0.29, 0.717) is 13.0 Å². The van der Waals surface area contributed by atoms with Gasteiger partial charge in [-0.1, -0.05) is 0 Å². The van der Waals surface area contributed by atoms with E-state index in [0.717, 1.165) is 11.4 Å². The first-order chi connectivity index (χ1) is 6.20. The van der Waals surface area contributed by atoms with Crippen LogP contribution in [0.5, 0.6) is 0 Å². The van der Waals surface area contributed by atoms with Gasteiger partial charge in [-0.05, 0) is 6.92 Å². The lowest BCUT2D eigenvalue weighted by molar-refractivity contribution is -0.142. The number of carboxylic acids is 1. The van der Waals surface area contributed by atoms with Crippen molar-refractivity contribution in [2.45, 2.75) is 13.3 Å². The molecule has 0 saturated heterocycles. The zero-order chi connectivity index (χ0) is 9.68. The van der Waals surface area contributed by atoms with Gasteiger partial charge in [-0.3, -0.25) is 0 Å². The van der Waals surface area contributed by atoms with Crippen LogP contribution in [-0.4, -0.2) is 34.3 Å². The predicted molar refractivity (Wildman–Crippen MR) is 45.5 cm³/mol. The van der Waals surface area contributed by atoms with Gasteiger partial charge in [-0.25, -0.2) is 9.78 Å². The molecule has 0 bridgehead atoms. The summed E-state index contributed by atoms with van der Waals surface area (Å²) in [6, 6.07) is 0. The van der Waals surface area contributed by atoms with Crippen molar-refractivity contribution in [3.63, 3.8) is 0 Å². The molecule has 2 N–H and O–H groups in total. The number of carbonyl (C=O) groups is 1. The Morgan fingerprint density at radius 2 is 2.54 bits per heavy atom. The lowest BCUT2D eigenvalue weighted by atomic mass is 10.3. The van der Waals surface area contributed by atoms with E-state index in [2.05, 4.69) is 9.97 Å². The zero-order valence-corrected chi connectivity index (χ0v) is 7.41. The minimum atomic E-state index is -0.946. The quantitative estimate of drug-likeness (QED) is 0.648. The minimum absolute atomic E-state index is 0.247. The molecular formula is C8H12N2O3. The van der Waals surface area contributed by atoms with Gasteiger partial charge in [0, 0.05) is 12.1 Å². The van der Waals surface area contributed by atoms with Gasteiger partial charge in [-0.2, -0.15) is 0 Å². The Bertz CT molecular complexity index is 283. The molecule has 0 radical (unpaired) electrons. The van der Waals surface area contributed by atoms with Crippen LogP contribution in [0.25, 0.3) is 0 Å². The molecule has 5 heteroatoms. The maximum Gasteiger partial charge on any atom is 0.329 e. The van der Waals surface area contributed by atoms with E-state index in [1.807, 2.05) is 6.92 Å². The first-order valence-corrected chi connectivity index (χ1v) is 3.98. The SMILES string of the molecule is Cc1[nH]cnc1CCOCC(=O)O. The number of rotatable bonds is 5. The van der Waals surface area contributed by atoms with Gasteiger partial charge in [0.1, 0.15) is 6.61 Å². The van der Waals surface area contributed by atoms with Crippen molar-refractivity contribution in [1.29, 1.82) is 0 Å². The molecule has 0 amide bonds. The van der Waals surface area contributed by atoms with Crippen molar-refractivity contribution < 1.29 is 14.6 Å². The topological polar surface area (TPSA) is 75.2 Å². The molecule has 1 heterocycles. The van der Waals surface area contributed by atoms with Crippen LogP contribution in [-0.2, 0) is 16.0 Å². The Hall–Kier alpha value is -1.36. The molecule has 1 rings (SSSR count). The van der Waals surface area contributed by atoms with Crippen molar-refractivity contribution in [3.8, 4) is 0 Å². The Morgan fingerprint density at radius 3 is 3.08 bits per heavy atom. The zero-order valence-electron chi connectivity index (χ0n) is 7.41. The van der Waals surface area contributed by atoms with Gasteiger partial charge >= 0.3 is 5.97 Å². The summed E-state index contributed by atoms with van der Waals surface area (Å²) < 4.78 is 4.87. The van der Waals surface area contributed by atoms with E-state index in [1.165, 1.54) is 0 Å². The number of aromatic amines is 1. The molecule has 72 valence electrons. The Labute approximate surface area is 75.8 Å². The number of imidazole rings is 1. The van der Waals surface area contributed by atoms with Gasteiger partial charge in [0.15, 0.2) is 0 Å². The van der Waals surface area contributed by atoms with Crippen LogP contribution in [0, 0.1) is 6.92 Å². The summed E-state index contributed by atoms with van der Waals surface area (Å²) in [6.07, 6.45) is 2.25. The molecule has 0 spiro atoms. The van der Waals surface area contributed by atoms with Gasteiger partial charge in [-0.15, -0.1) is 0 Å². The average molecular weight is 184 g/mol. The maximum atomic E-state index is 10.1.